The van der Waals surface area contributed by atoms with E-state index in [0.717, 1.165) is 51.3 Å². The minimum atomic E-state index is 0.238. The fraction of sp³-hybridized carbons (Fsp3) is 0.650. The van der Waals surface area contributed by atoms with Crippen molar-refractivity contribution in [1.29, 1.82) is 0 Å². The van der Waals surface area contributed by atoms with Crippen molar-refractivity contribution >= 4 is 5.91 Å². The first kappa shape index (κ1) is 17.3. The summed E-state index contributed by atoms with van der Waals surface area (Å²) in [5.74, 6) is 2.21. The standard InChI is InChI=1S/C20H30N2O2/c1-16-4-3-11-22(14-16)20(23)18-9-12-21(13-10-18)15-17-5-7-19(24-2)8-6-17/h5-8,16,18H,3-4,9-15H2,1-2H3/t16-/m0/s1. The van der Waals surface area contributed by atoms with Gasteiger partial charge in [0.2, 0.25) is 5.91 Å². The average Bonchev–Trinajstić information content (AvgIpc) is 2.62. The van der Waals surface area contributed by atoms with Gasteiger partial charge < -0.3 is 9.64 Å². The highest BCUT2D eigenvalue weighted by Crippen LogP contribution is 2.24. The maximum absolute atomic E-state index is 12.7. The molecule has 2 heterocycles. The number of ether oxygens (including phenoxy) is 1. The molecule has 4 heteroatoms. The summed E-state index contributed by atoms with van der Waals surface area (Å²) in [5.41, 5.74) is 1.31. The predicted octanol–water partition coefficient (Wildman–Crippen LogP) is 3.17. The van der Waals surface area contributed by atoms with Crippen LogP contribution in [0.2, 0.25) is 0 Å². The van der Waals surface area contributed by atoms with E-state index < -0.39 is 0 Å². The van der Waals surface area contributed by atoms with Gasteiger partial charge in [-0.1, -0.05) is 19.1 Å². The third kappa shape index (κ3) is 4.29. The summed E-state index contributed by atoms with van der Waals surface area (Å²) in [7, 11) is 1.69. The van der Waals surface area contributed by atoms with Crippen LogP contribution in [0.25, 0.3) is 0 Å². The first-order valence-electron chi connectivity index (χ1n) is 9.30. The molecule has 2 fully saturated rings. The Hall–Kier alpha value is -1.55. The van der Waals surface area contributed by atoms with Crippen LogP contribution in [-0.4, -0.2) is 49.0 Å². The summed E-state index contributed by atoms with van der Waals surface area (Å²) < 4.78 is 5.21. The van der Waals surface area contributed by atoms with Crippen molar-refractivity contribution < 1.29 is 9.53 Å². The quantitative estimate of drug-likeness (QED) is 0.850. The van der Waals surface area contributed by atoms with Gasteiger partial charge in [-0.3, -0.25) is 9.69 Å². The second kappa shape index (κ2) is 8.02. The molecule has 0 unspecified atom stereocenters. The molecular formula is C20H30N2O2. The Kier molecular flexibility index (Phi) is 5.77. The number of amides is 1. The first-order valence-corrected chi connectivity index (χ1v) is 9.30. The monoisotopic (exact) mass is 330 g/mol. The van der Waals surface area contributed by atoms with Gasteiger partial charge in [-0.25, -0.2) is 0 Å². The molecule has 0 N–H and O–H groups in total. The smallest absolute Gasteiger partial charge is 0.225 e. The van der Waals surface area contributed by atoms with Crippen molar-refractivity contribution in [3.05, 3.63) is 29.8 Å². The number of methoxy groups -OCH3 is 1. The fourth-order valence-electron chi connectivity index (χ4n) is 3.97. The molecular weight excluding hydrogens is 300 g/mol. The van der Waals surface area contributed by atoms with E-state index in [1.165, 1.54) is 18.4 Å². The first-order chi connectivity index (χ1) is 11.7. The molecule has 2 saturated heterocycles. The molecule has 132 valence electrons. The van der Waals surface area contributed by atoms with Crippen molar-refractivity contribution in [2.24, 2.45) is 11.8 Å². The molecule has 4 nitrogen and oxygen atoms in total. The van der Waals surface area contributed by atoms with Crippen LogP contribution in [0.5, 0.6) is 5.75 Å². The van der Waals surface area contributed by atoms with E-state index in [9.17, 15) is 4.79 Å². The molecule has 1 atom stereocenters. The predicted molar refractivity (Wildman–Crippen MR) is 96.0 cm³/mol. The van der Waals surface area contributed by atoms with Crippen LogP contribution in [0, 0.1) is 11.8 Å². The molecule has 2 aliphatic heterocycles. The summed E-state index contributed by atoms with van der Waals surface area (Å²) in [6.07, 6.45) is 4.44. The largest absolute Gasteiger partial charge is 0.497 e. The molecule has 1 aromatic carbocycles. The number of piperidine rings is 2. The molecule has 24 heavy (non-hydrogen) atoms. The summed E-state index contributed by atoms with van der Waals surface area (Å²) in [6, 6.07) is 8.29. The normalized spacial score (nSPS) is 23.2. The summed E-state index contributed by atoms with van der Waals surface area (Å²) in [5, 5.41) is 0. The molecule has 0 bridgehead atoms. The maximum atomic E-state index is 12.7. The Bertz CT molecular complexity index is 535. The zero-order valence-corrected chi connectivity index (χ0v) is 15.0. The van der Waals surface area contributed by atoms with Gasteiger partial charge in [0.15, 0.2) is 0 Å². The number of likely N-dealkylation sites (tertiary alicyclic amines) is 2. The number of hydrogen-bond donors (Lipinski definition) is 0. The van der Waals surface area contributed by atoms with Crippen molar-refractivity contribution in [1.82, 2.24) is 9.80 Å². The molecule has 0 radical (unpaired) electrons. The number of hydrogen-bond acceptors (Lipinski definition) is 3. The number of carbonyl (C=O) groups is 1. The second-order valence-corrected chi connectivity index (χ2v) is 7.43. The third-order valence-electron chi connectivity index (χ3n) is 5.47. The lowest BCUT2D eigenvalue weighted by Gasteiger charge is -2.37. The zero-order chi connectivity index (χ0) is 16.9. The highest BCUT2D eigenvalue weighted by molar-refractivity contribution is 5.79. The van der Waals surface area contributed by atoms with E-state index in [-0.39, 0.29) is 5.92 Å². The van der Waals surface area contributed by atoms with Gasteiger partial charge in [-0.15, -0.1) is 0 Å². The highest BCUT2D eigenvalue weighted by atomic mass is 16.5. The average molecular weight is 330 g/mol. The lowest BCUT2D eigenvalue weighted by atomic mass is 9.92. The molecule has 3 rings (SSSR count). The van der Waals surface area contributed by atoms with Crippen molar-refractivity contribution in [3.8, 4) is 5.75 Å². The summed E-state index contributed by atoms with van der Waals surface area (Å²) in [6.45, 7) is 7.19. The molecule has 0 spiro atoms. The van der Waals surface area contributed by atoms with Crippen LogP contribution in [-0.2, 0) is 11.3 Å². The SMILES string of the molecule is COc1ccc(CN2CCC(C(=O)N3CCC[C@H](C)C3)CC2)cc1. The molecule has 2 aliphatic rings. The Morgan fingerprint density at radius 2 is 1.83 bits per heavy atom. The number of carbonyl (C=O) groups excluding carboxylic acids is 1. The number of benzene rings is 1. The minimum absolute atomic E-state index is 0.238. The summed E-state index contributed by atoms with van der Waals surface area (Å²) >= 11 is 0. The van der Waals surface area contributed by atoms with Gasteiger partial charge in [0, 0.05) is 25.6 Å². The van der Waals surface area contributed by atoms with Gasteiger partial charge in [0.05, 0.1) is 7.11 Å². The second-order valence-electron chi connectivity index (χ2n) is 7.43. The molecule has 1 aromatic rings. The number of rotatable bonds is 4. The van der Waals surface area contributed by atoms with Crippen LogP contribution in [0.1, 0.15) is 38.2 Å². The van der Waals surface area contributed by atoms with Crippen LogP contribution < -0.4 is 4.74 Å². The topological polar surface area (TPSA) is 32.8 Å². The fourth-order valence-corrected chi connectivity index (χ4v) is 3.97. The maximum Gasteiger partial charge on any atom is 0.225 e. The van der Waals surface area contributed by atoms with E-state index in [4.69, 9.17) is 4.74 Å². The van der Waals surface area contributed by atoms with Gasteiger partial charge >= 0.3 is 0 Å². The number of nitrogens with zero attached hydrogens (tertiary/aromatic N) is 2. The lowest BCUT2D eigenvalue weighted by Crippen LogP contribution is -2.45. The van der Waals surface area contributed by atoms with E-state index >= 15 is 0 Å². The van der Waals surface area contributed by atoms with Gasteiger partial charge in [-0.05, 0) is 62.4 Å². The molecule has 0 aliphatic carbocycles. The van der Waals surface area contributed by atoms with Crippen LogP contribution in [0.4, 0.5) is 0 Å². The lowest BCUT2D eigenvalue weighted by molar-refractivity contribution is -0.138. The van der Waals surface area contributed by atoms with Crippen LogP contribution in [0.15, 0.2) is 24.3 Å². The molecule has 0 aromatic heterocycles. The summed E-state index contributed by atoms with van der Waals surface area (Å²) in [4.78, 5) is 17.3. The van der Waals surface area contributed by atoms with Gasteiger partial charge in [0.1, 0.15) is 5.75 Å². The molecule has 1 amide bonds. The Balaban J connectivity index is 1.47. The van der Waals surface area contributed by atoms with Crippen molar-refractivity contribution in [2.45, 2.75) is 39.2 Å². The Labute approximate surface area is 145 Å². The third-order valence-corrected chi connectivity index (χ3v) is 5.47. The van der Waals surface area contributed by atoms with Gasteiger partial charge in [-0.2, -0.15) is 0 Å². The van der Waals surface area contributed by atoms with E-state index in [2.05, 4.69) is 28.9 Å². The van der Waals surface area contributed by atoms with Crippen LogP contribution >= 0.6 is 0 Å². The highest BCUT2D eigenvalue weighted by Gasteiger charge is 2.30. The molecule has 0 saturated carbocycles. The Morgan fingerprint density at radius 3 is 2.46 bits per heavy atom. The van der Waals surface area contributed by atoms with E-state index in [0.29, 0.717) is 11.8 Å². The van der Waals surface area contributed by atoms with Gasteiger partial charge in [0.25, 0.3) is 0 Å². The Morgan fingerprint density at radius 1 is 1.12 bits per heavy atom. The van der Waals surface area contributed by atoms with Crippen molar-refractivity contribution in [2.75, 3.05) is 33.3 Å². The minimum Gasteiger partial charge on any atom is -0.497 e. The van der Waals surface area contributed by atoms with Crippen LogP contribution in [0.3, 0.4) is 0 Å². The van der Waals surface area contributed by atoms with E-state index in [1.54, 1.807) is 7.11 Å². The van der Waals surface area contributed by atoms with Crippen molar-refractivity contribution in [3.63, 3.8) is 0 Å². The van der Waals surface area contributed by atoms with E-state index in [1.807, 2.05) is 12.1 Å². The zero-order valence-electron chi connectivity index (χ0n) is 15.0.